The lowest BCUT2D eigenvalue weighted by Gasteiger charge is -2.14. The smallest absolute Gasteiger partial charge is 0.329 e. The van der Waals surface area contributed by atoms with E-state index in [0.717, 1.165) is 19.3 Å². The van der Waals surface area contributed by atoms with Gasteiger partial charge in [-0.25, -0.2) is 9.78 Å². The van der Waals surface area contributed by atoms with Crippen molar-refractivity contribution in [3.05, 3.63) is 26.4 Å². The topological polar surface area (TPSA) is 61.2 Å². The fourth-order valence-electron chi connectivity index (χ4n) is 2.64. The predicted octanol–water partition coefficient (Wildman–Crippen LogP) is 3.33. The van der Waals surface area contributed by atoms with Crippen molar-refractivity contribution in [2.75, 3.05) is 6.61 Å². The molecular formula is C14H18Cl2N2O3. The monoisotopic (exact) mass is 332 g/mol. The lowest BCUT2D eigenvalue weighted by Crippen LogP contribution is -2.30. The van der Waals surface area contributed by atoms with Crippen LogP contribution >= 0.6 is 23.2 Å². The summed E-state index contributed by atoms with van der Waals surface area (Å²) in [5.41, 5.74) is 0.107. The highest BCUT2D eigenvalue weighted by Crippen LogP contribution is 2.40. The summed E-state index contributed by atoms with van der Waals surface area (Å²) in [6, 6.07) is -0.660. The van der Waals surface area contributed by atoms with Crippen LogP contribution in [0.25, 0.3) is 0 Å². The number of unbranched alkanes of at least 4 members (excludes halogenated alkanes) is 1. The maximum atomic E-state index is 12.2. The largest absolute Gasteiger partial charge is 0.464 e. The quantitative estimate of drug-likeness (QED) is 0.612. The van der Waals surface area contributed by atoms with Crippen molar-refractivity contribution >= 4 is 29.2 Å². The van der Waals surface area contributed by atoms with E-state index in [1.165, 1.54) is 4.57 Å². The molecule has 0 unspecified atom stereocenters. The van der Waals surface area contributed by atoms with Gasteiger partial charge in [0.15, 0.2) is 10.3 Å². The summed E-state index contributed by atoms with van der Waals surface area (Å²) < 4.78 is 6.61. The summed E-state index contributed by atoms with van der Waals surface area (Å²) in [7, 11) is 0. The molecule has 0 radical (unpaired) electrons. The number of carbonyl (C=O) groups is 1. The highest BCUT2D eigenvalue weighted by Gasteiger charge is 2.39. The standard InChI is InChI=1S/C14H18Cl2N2O3/c1-3-5-6-21-14(20)9-7-8(4-2)10-11(15)17-12(16)13(19)18(9)10/h8-9H,3-7H2,1-2H3/t8-,9-/m0/s1. The molecule has 21 heavy (non-hydrogen) atoms. The van der Waals surface area contributed by atoms with Crippen LogP contribution in [0.3, 0.4) is 0 Å². The molecule has 2 rings (SSSR count). The zero-order valence-corrected chi connectivity index (χ0v) is 13.6. The number of hydrogen-bond donors (Lipinski definition) is 0. The molecule has 0 saturated heterocycles. The molecule has 1 aromatic heterocycles. The van der Waals surface area contributed by atoms with Crippen molar-refractivity contribution in [2.45, 2.75) is 51.5 Å². The second-order valence-corrected chi connectivity index (χ2v) is 5.85. The number of ether oxygens (including phenoxy) is 1. The summed E-state index contributed by atoms with van der Waals surface area (Å²) in [4.78, 5) is 28.3. The van der Waals surface area contributed by atoms with Gasteiger partial charge >= 0.3 is 5.97 Å². The number of esters is 1. The lowest BCUT2D eigenvalue weighted by atomic mass is 9.99. The third kappa shape index (κ3) is 3.09. The zero-order chi connectivity index (χ0) is 15.6. The lowest BCUT2D eigenvalue weighted by molar-refractivity contribution is -0.147. The number of aromatic nitrogens is 2. The number of carbonyl (C=O) groups excluding carboxylic acids is 1. The molecule has 1 aromatic rings. The molecule has 116 valence electrons. The maximum absolute atomic E-state index is 12.2. The Morgan fingerprint density at radius 1 is 1.38 bits per heavy atom. The Kier molecular flexibility index (Phi) is 5.27. The van der Waals surface area contributed by atoms with E-state index in [4.69, 9.17) is 27.9 Å². The molecule has 0 aliphatic carbocycles. The summed E-state index contributed by atoms with van der Waals surface area (Å²) in [5.74, 6) is -0.389. The predicted molar refractivity (Wildman–Crippen MR) is 81.1 cm³/mol. The third-order valence-corrected chi connectivity index (χ3v) is 4.30. The molecule has 2 atom stereocenters. The summed E-state index contributed by atoms with van der Waals surface area (Å²) in [6.45, 7) is 4.36. The Balaban J connectivity index is 2.37. The summed E-state index contributed by atoms with van der Waals surface area (Å²) in [6.07, 6.45) is 3.00. The SMILES string of the molecule is CCCCOC(=O)[C@@H]1C[C@H](CC)c2c(Cl)nc(Cl)c(=O)n21. The van der Waals surface area contributed by atoms with E-state index in [1.807, 2.05) is 13.8 Å². The van der Waals surface area contributed by atoms with E-state index in [0.29, 0.717) is 18.7 Å². The van der Waals surface area contributed by atoms with E-state index < -0.39 is 17.6 Å². The average Bonchev–Trinajstić information content (AvgIpc) is 2.85. The van der Waals surface area contributed by atoms with Gasteiger partial charge in [-0.2, -0.15) is 0 Å². The molecule has 0 amide bonds. The summed E-state index contributed by atoms with van der Waals surface area (Å²) >= 11 is 11.9. The molecule has 0 N–H and O–H groups in total. The molecule has 2 heterocycles. The minimum absolute atomic E-state index is 0.0127. The van der Waals surface area contributed by atoms with Crippen LogP contribution in [0.1, 0.15) is 57.2 Å². The van der Waals surface area contributed by atoms with Crippen LogP contribution in [0.4, 0.5) is 0 Å². The Morgan fingerprint density at radius 2 is 2.10 bits per heavy atom. The van der Waals surface area contributed by atoms with Crippen molar-refractivity contribution in [2.24, 2.45) is 0 Å². The van der Waals surface area contributed by atoms with Crippen molar-refractivity contribution in [1.82, 2.24) is 9.55 Å². The first-order chi connectivity index (χ1) is 10.0. The molecule has 5 nitrogen and oxygen atoms in total. The van der Waals surface area contributed by atoms with Crippen LogP contribution < -0.4 is 5.56 Å². The highest BCUT2D eigenvalue weighted by atomic mass is 35.5. The Hall–Kier alpha value is -1.07. The first-order valence-electron chi connectivity index (χ1n) is 7.15. The fourth-order valence-corrected chi connectivity index (χ4v) is 3.18. The number of fused-ring (bicyclic) bond motifs is 1. The fraction of sp³-hybridized carbons (Fsp3) is 0.643. The first kappa shape index (κ1) is 16.3. The summed E-state index contributed by atoms with van der Waals surface area (Å²) in [5, 5.41) is -0.0258. The minimum Gasteiger partial charge on any atom is -0.464 e. The third-order valence-electron chi connectivity index (χ3n) is 3.78. The van der Waals surface area contributed by atoms with Crippen molar-refractivity contribution in [3.63, 3.8) is 0 Å². The molecule has 1 aliphatic rings. The van der Waals surface area contributed by atoms with Crippen LogP contribution in [-0.4, -0.2) is 22.1 Å². The Bertz CT molecular complexity index is 601. The van der Waals surface area contributed by atoms with Crippen molar-refractivity contribution in [3.8, 4) is 0 Å². The van der Waals surface area contributed by atoms with Gasteiger partial charge in [-0.3, -0.25) is 9.36 Å². The number of rotatable bonds is 5. The number of halogens is 2. The second-order valence-electron chi connectivity index (χ2n) is 5.13. The van der Waals surface area contributed by atoms with Crippen LogP contribution in [0.2, 0.25) is 10.3 Å². The molecule has 0 fully saturated rings. The molecular weight excluding hydrogens is 315 g/mol. The van der Waals surface area contributed by atoms with Crippen molar-refractivity contribution < 1.29 is 9.53 Å². The van der Waals surface area contributed by atoms with E-state index in [2.05, 4.69) is 4.98 Å². The normalized spacial score (nSPS) is 20.4. The number of nitrogens with zero attached hydrogens (tertiary/aromatic N) is 2. The molecule has 1 aliphatic heterocycles. The molecule has 0 aromatic carbocycles. The van der Waals surface area contributed by atoms with Gasteiger partial charge in [0.2, 0.25) is 0 Å². The zero-order valence-electron chi connectivity index (χ0n) is 12.1. The Morgan fingerprint density at radius 3 is 2.71 bits per heavy atom. The van der Waals surface area contributed by atoms with E-state index >= 15 is 0 Å². The van der Waals surface area contributed by atoms with E-state index in [1.54, 1.807) is 0 Å². The molecule has 0 bridgehead atoms. The van der Waals surface area contributed by atoms with Crippen LogP contribution in [0.5, 0.6) is 0 Å². The first-order valence-corrected chi connectivity index (χ1v) is 7.90. The van der Waals surface area contributed by atoms with Gasteiger partial charge in [0.1, 0.15) is 6.04 Å². The van der Waals surface area contributed by atoms with Crippen LogP contribution in [-0.2, 0) is 9.53 Å². The van der Waals surface area contributed by atoms with Gasteiger partial charge < -0.3 is 4.74 Å². The highest BCUT2D eigenvalue weighted by molar-refractivity contribution is 6.32. The van der Waals surface area contributed by atoms with E-state index in [-0.39, 0.29) is 16.2 Å². The molecule has 0 saturated carbocycles. The van der Waals surface area contributed by atoms with Gasteiger partial charge in [0.25, 0.3) is 5.56 Å². The minimum atomic E-state index is -0.660. The van der Waals surface area contributed by atoms with Gasteiger partial charge in [-0.15, -0.1) is 0 Å². The Labute approximate surface area is 133 Å². The van der Waals surface area contributed by atoms with Crippen molar-refractivity contribution in [1.29, 1.82) is 0 Å². The average molecular weight is 333 g/mol. The van der Waals surface area contributed by atoms with Crippen LogP contribution in [0.15, 0.2) is 4.79 Å². The molecule has 0 spiro atoms. The molecule has 7 heteroatoms. The maximum Gasteiger partial charge on any atom is 0.329 e. The van der Waals surface area contributed by atoms with E-state index in [9.17, 15) is 9.59 Å². The number of hydrogen-bond acceptors (Lipinski definition) is 4. The van der Waals surface area contributed by atoms with Gasteiger partial charge in [-0.05, 0) is 19.3 Å². The van der Waals surface area contributed by atoms with Gasteiger partial charge in [0, 0.05) is 5.92 Å². The van der Waals surface area contributed by atoms with Crippen LogP contribution in [0, 0.1) is 0 Å². The second kappa shape index (κ2) is 6.79. The van der Waals surface area contributed by atoms with Gasteiger partial charge in [-0.1, -0.05) is 43.5 Å². The van der Waals surface area contributed by atoms with Gasteiger partial charge in [0.05, 0.1) is 12.3 Å².